The van der Waals surface area contributed by atoms with E-state index in [9.17, 15) is 9.59 Å². The Morgan fingerprint density at radius 3 is 1.18 bits per heavy atom. The lowest BCUT2D eigenvalue weighted by atomic mass is 9.88. The summed E-state index contributed by atoms with van der Waals surface area (Å²) in [6, 6.07) is 0. The second-order valence-electron chi connectivity index (χ2n) is 5.61. The van der Waals surface area contributed by atoms with E-state index in [-0.39, 0.29) is 31.0 Å². The van der Waals surface area contributed by atoms with Gasteiger partial charge in [0, 0.05) is 16.6 Å². The number of rotatable bonds is 10. The van der Waals surface area contributed by atoms with Crippen molar-refractivity contribution in [3.63, 3.8) is 0 Å². The maximum absolute atomic E-state index is 9.60. The van der Waals surface area contributed by atoms with E-state index in [1.807, 2.05) is 6.92 Å². The smallest absolute Gasteiger partial charge is 0.330 e. The second-order valence-corrected chi connectivity index (χ2v) is 5.61. The lowest BCUT2D eigenvalue weighted by Crippen LogP contribution is -2.32. The SMILES string of the molecule is C=C(C)C(=O)O.C=C(C)C(=O)O.C=CCOCC=C.CCC(CO)(CO)CO. The molecule has 0 saturated carbocycles. The van der Waals surface area contributed by atoms with Crippen LogP contribution in [0.2, 0.25) is 0 Å². The third-order valence-electron chi connectivity index (χ3n) is 2.96. The molecule has 5 N–H and O–H groups in total. The first kappa shape index (κ1) is 33.3. The fourth-order valence-corrected chi connectivity index (χ4v) is 0.720. The van der Waals surface area contributed by atoms with Crippen LogP contribution in [0.15, 0.2) is 49.6 Å². The predicted molar refractivity (Wildman–Crippen MR) is 110 cm³/mol. The van der Waals surface area contributed by atoms with E-state index in [1.165, 1.54) is 13.8 Å². The fourth-order valence-electron chi connectivity index (χ4n) is 0.720. The molecule has 0 aromatic heterocycles. The highest BCUT2D eigenvalue weighted by atomic mass is 16.5. The average molecular weight is 405 g/mol. The monoisotopic (exact) mass is 404 g/mol. The first-order valence-corrected chi connectivity index (χ1v) is 8.34. The summed E-state index contributed by atoms with van der Waals surface area (Å²) >= 11 is 0. The van der Waals surface area contributed by atoms with Crippen molar-refractivity contribution < 1.29 is 39.9 Å². The summed E-state index contributed by atoms with van der Waals surface area (Å²) in [7, 11) is 0. The summed E-state index contributed by atoms with van der Waals surface area (Å²) < 4.78 is 4.90. The van der Waals surface area contributed by atoms with Gasteiger partial charge in [-0.1, -0.05) is 32.2 Å². The van der Waals surface area contributed by atoms with Gasteiger partial charge in [-0.15, -0.1) is 13.2 Å². The third kappa shape index (κ3) is 26.0. The fraction of sp³-hybridized carbons (Fsp3) is 0.500. The second kappa shape index (κ2) is 22.8. The number of hydrogen-bond acceptors (Lipinski definition) is 6. The van der Waals surface area contributed by atoms with Gasteiger partial charge in [0.15, 0.2) is 0 Å². The van der Waals surface area contributed by atoms with Gasteiger partial charge in [-0.25, -0.2) is 9.59 Å². The summed E-state index contributed by atoms with van der Waals surface area (Å²) in [6.07, 6.45) is 4.02. The van der Waals surface area contributed by atoms with E-state index in [1.54, 1.807) is 12.2 Å². The van der Waals surface area contributed by atoms with Crippen LogP contribution in [0.4, 0.5) is 0 Å². The van der Waals surface area contributed by atoms with Gasteiger partial charge in [0.25, 0.3) is 0 Å². The van der Waals surface area contributed by atoms with Crippen LogP contribution in [0, 0.1) is 5.41 Å². The lowest BCUT2D eigenvalue weighted by molar-refractivity contribution is -0.133. The molecule has 0 rings (SSSR count). The normalized spacial score (nSPS) is 9.07. The molecule has 0 bridgehead atoms. The molecule has 0 unspecified atom stereocenters. The molecule has 0 aliphatic carbocycles. The van der Waals surface area contributed by atoms with Gasteiger partial charge in [0.05, 0.1) is 33.0 Å². The topological polar surface area (TPSA) is 145 Å². The first-order valence-electron chi connectivity index (χ1n) is 8.34. The Bertz CT molecular complexity index is 391. The Balaban J connectivity index is -0.000000139. The van der Waals surface area contributed by atoms with Crippen LogP contribution in [0.5, 0.6) is 0 Å². The largest absolute Gasteiger partial charge is 0.478 e. The van der Waals surface area contributed by atoms with Crippen LogP contribution in [0.1, 0.15) is 27.2 Å². The van der Waals surface area contributed by atoms with Gasteiger partial charge < -0.3 is 30.3 Å². The molecule has 8 nitrogen and oxygen atoms in total. The highest BCUT2D eigenvalue weighted by Gasteiger charge is 2.24. The number of aliphatic hydroxyl groups excluding tert-OH is 3. The van der Waals surface area contributed by atoms with Gasteiger partial charge in [-0.2, -0.15) is 0 Å². The Morgan fingerprint density at radius 2 is 1.11 bits per heavy atom. The molecule has 8 heteroatoms. The summed E-state index contributed by atoms with van der Waals surface area (Å²) in [5.41, 5.74) is -0.315. The van der Waals surface area contributed by atoms with Crippen LogP contribution in [-0.4, -0.2) is 70.5 Å². The minimum absolute atomic E-state index is 0.156. The van der Waals surface area contributed by atoms with Gasteiger partial charge >= 0.3 is 11.9 Å². The molecule has 0 radical (unpaired) electrons. The van der Waals surface area contributed by atoms with Crippen molar-refractivity contribution in [3.8, 4) is 0 Å². The van der Waals surface area contributed by atoms with Crippen molar-refractivity contribution in [3.05, 3.63) is 49.6 Å². The van der Waals surface area contributed by atoms with Gasteiger partial charge in [-0.3, -0.25) is 0 Å². The minimum Gasteiger partial charge on any atom is -0.478 e. The van der Waals surface area contributed by atoms with E-state index in [4.69, 9.17) is 30.3 Å². The Morgan fingerprint density at radius 1 is 0.857 bits per heavy atom. The van der Waals surface area contributed by atoms with Crippen molar-refractivity contribution in [2.75, 3.05) is 33.0 Å². The molecule has 0 amide bonds. The zero-order valence-electron chi connectivity index (χ0n) is 17.2. The highest BCUT2D eigenvalue weighted by Crippen LogP contribution is 2.18. The van der Waals surface area contributed by atoms with Crippen molar-refractivity contribution in [1.82, 2.24) is 0 Å². The van der Waals surface area contributed by atoms with E-state index in [0.29, 0.717) is 19.6 Å². The molecule has 0 aromatic rings. The van der Waals surface area contributed by atoms with Crippen molar-refractivity contribution in [2.24, 2.45) is 5.41 Å². The number of aliphatic hydroxyl groups is 3. The number of carboxylic acid groups (broad SMARTS) is 2. The van der Waals surface area contributed by atoms with Gasteiger partial charge in [0.2, 0.25) is 0 Å². The van der Waals surface area contributed by atoms with E-state index >= 15 is 0 Å². The maximum atomic E-state index is 9.60. The molecular formula is C20H36O8. The quantitative estimate of drug-likeness (QED) is 0.211. The number of hydrogen-bond donors (Lipinski definition) is 5. The molecule has 0 aromatic carbocycles. The molecule has 164 valence electrons. The predicted octanol–water partition coefficient (Wildman–Crippen LogP) is 2.03. The van der Waals surface area contributed by atoms with Crippen molar-refractivity contribution in [2.45, 2.75) is 27.2 Å². The summed E-state index contributed by atoms with van der Waals surface area (Å²) in [5.74, 6) is -1.87. The van der Waals surface area contributed by atoms with Crippen molar-refractivity contribution >= 4 is 11.9 Å². The number of aliphatic carboxylic acids is 2. The standard InChI is InChI=1S/C6H14O3.C6H10O.2C4H6O2/c1-2-6(3-7,4-8)5-9;1-3-5-7-6-4-2;2*1-3(2)4(5)6/h7-9H,2-5H2,1H3;3-4H,1-2,5-6H2;2*1H2,2H3,(H,5,6). The first-order chi connectivity index (χ1) is 12.9. The molecule has 0 aliphatic rings. The maximum Gasteiger partial charge on any atom is 0.330 e. The molecule has 0 aliphatic heterocycles. The Kier molecular flexibility index (Phi) is 27.1. The number of carboxylic acids is 2. The Labute approximate surface area is 167 Å². The average Bonchev–Trinajstić information content (AvgIpc) is 2.66. The van der Waals surface area contributed by atoms with Crippen LogP contribution >= 0.6 is 0 Å². The zero-order valence-corrected chi connectivity index (χ0v) is 17.2. The molecule has 0 heterocycles. The highest BCUT2D eigenvalue weighted by molar-refractivity contribution is 5.85. The van der Waals surface area contributed by atoms with Gasteiger partial charge in [-0.05, 0) is 20.3 Å². The molecule has 0 saturated heterocycles. The van der Waals surface area contributed by atoms with Crippen LogP contribution < -0.4 is 0 Å². The molecular weight excluding hydrogens is 368 g/mol. The van der Waals surface area contributed by atoms with E-state index in [2.05, 4.69) is 26.3 Å². The summed E-state index contributed by atoms with van der Waals surface area (Å²) in [5, 5.41) is 41.8. The minimum atomic E-state index is -0.935. The lowest BCUT2D eigenvalue weighted by Gasteiger charge is -2.24. The molecule has 0 spiro atoms. The number of carbonyl (C=O) groups is 2. The van der Waals surface area contributed by atoms with E-state index in [0.717, 1.165) is 0 Å². The summed E-state index contributed by atoms with van der Waals surface area (Å²) in [4.78, 5) is 19.2. The van der Waals surface area contributed by atoms with Gasteiger partial charge in [0.1, 0.15) is 0 Å². The zero-order chi connectivity index (χ0) is 23.2. The molecule has 0 fully saturated rings. The van der Waals surface area contributed by atoms with Crippen LogP contribution in [-0.2, 0) is 14.3 Å². The molecule has 28 heavy (non-hydrogen) atoms. The van der Waals surface area contributed by atoms with Crippen LogP contribution in [0.25, 0.3) is 0 Å². The third-order valence-corrected chi connectivity index (χ3v) is 2.96. The summed E-state index contributed by atoms with van der Waals surface area (Å²) in [6.45, 7) is 18.7. The Hall–Kier alpha value is -2.26. The molecule has 0 atom stereocenters. The van der Waals surface area contributed by atoms with E-state index < -0.39 is 17.4 Å². The van der Waals surface area contributed by atoms with Crippen LogP contribution in [0.3, 0.4) is 0 Å². The number of ether oxygens (including phenoxy) is 1. The van der Waals surface area contributed by atoms with Crippen molar-refractivity contribution in [1.29, 1.82) is 0 Å².